The van der Waals surface area contributed by atoms with Gasteiger partial charge in [-0.25, -0.2) is 9.97 Å². The van der Waals surface area contributed by atoms with Crippen molar-refractivity contribution in [2.75, 3.05) is 4.43 Å². The third-order valence-electron chi connectivity index (χ3n) is 3.89. The second kappa shape index (κ2) is 4.98. The number of hydrogen-bond donors (Lipinski definition) is 1. The molecule has 1 N–H and O–H groups in total. The maximum absolute atomic E-state index is 9.77. The lowest BCUT2D eigenvalue weighted by atomic mass is 10.1. The minimum absolute atomic E-state index is 0.0646. The fourth-order valence-corrected chi connectivity index (χ4v) is 3.74. The lowest BCUT2D eigenvalue weighted by molar-refractivity contribution is -0.193. The van der Waals surface area contributed by atoms with E-state index in [1.807, 2.05) is 13.8 Å². The van der Waals surface area contributed by atoms with Crippen LogP contribution in [0.3, 0.4) is 0 Å². The van der Waals surface area contributed by atoms with Gasteiger partial charge in [-0.05, 0) is 13.8 Å². The van der Waals surface area contributed by atoms with Crippen molar-refractivity contribution in [2.45, 2.75) is 44.2 Å². The smallest absolute Gasteiger partial charge is 0.242 e. The number of rotatable bonds is 2. The zero-order chi connectivity index (χ0) is 15.5. The Bertz CT molecular complexity index is 721. The molecule has 4 rings (SSSR count). The van der Waals surface area contributed by atoms with E-state index in [9.17, 15) is 5.11 Å². The van der Waals surface area contributed by atoms with Crippen molar-refractivity contribution in [3.05, 3.63) is 12.7 Å². The number of fused-ring (bicyclic) bond motifs is 2. The summed E-state index contributed by atoms with van der Waals surface area (Å²) in [6.07, 6.45) is 2.05. The zero-order valence-corrected chi connectivity index (χ0v) is 14.2. The van der Waals surface area contributed by atoms with E-state index >= 15 is 0 Å². The van der Waals surface area contributed by atoms with Crippen LogP contribution >= 0.6 is 22.6 Å². The van der Waals surface area contributed by atoms with Crippen LogP contribution in [0.15, 0.2) is 12.7 Å². The molecule has 0 radical (unpaired) electrons. The number of aromatic hydroxyl groups is 1. The van der Waals surface area contributed by atoms with Crippen LogP contribution in [0.5, 0.6) is 5.88 Å². The van der Waals surface area contributed by atoms with E-state index in [1.54, 1.807) is 10.9 Å². The maximum Gasteiger partial charge on any atom is 0.242 e. The van der Waals surface area contributed by atoms with Gasteiger partial charge in [0.25, 0.3) is 0 Å². The highest BCUT2D eigenvalue weighted by atomic mass is 127. The molecule has 4 heterocycles. The maximum atomic E-state index is 9.77. The molecule has 2 aliphatic heterocycles. The van der Waals surface area contributed by atoms with Crippen LogP contribution in [0.25, 0.3) is 11.2 Å². The van der Waals surface area contributed by atoms with Crippen LogP contribution in [-0.2, 0) is 14.2 Å². The zero-order valence-electron chi connectivity index (χ0n) is 12.0. The molecular weight excluding hydrogens is 403 g/mol. The van der Waals surface area contributed by atoms with Crippen molar-refractivity contribution in [1.29, 1.82) is 0 Å². The molecule has 0 spiro atoms. The summed E-state index contributed by atoms with van der Waals surface area (Å²) in [5.74, 6) is -0.790. The van der Waals surface area contributed by atoms with Crippen LogP contribution in [0.2, 0.25) is 0 Å². The summed E-state index contributed by atoms with van der Waals surface area (Å²) in [6, 6.07) is 0. The predicted octanol–water partition coefficient (Wildman–Crippen LogP) is 1.38. The van der Waals surface area contributed by atoms with E-state index in [2.05, 4.69) is 37.5 Å². The molecule has 2 fully saturated rings. The molecule has 8 nitrogen and oxygen atoms in total. The average Bonchev–Trinajstić information content (AvgIpc) is 3.10. The standard InChI is InChI=1S/C13H15IN4O4/c1-13(2)21-8-6(3-14)20-12(9(8)22-13)18-5-17-7-10(18)15-4-16-11(7)19/h4-6,8-9,12H,3H2,1-2H3,(H,15,16,19)/t6-,8-,9-,12-/m1/s1. The molecule has 0 saturated carbocycles. The van der Waals surface area contributed by atoms with Crippen LogP contribution < -0.4 is 0 Å². The Morgan fingerprint density at radius 3 is 2.82 bits per heavy atom. The highest BCUT2D eigenvalue weighted by Crippen LogP contribution is 2.44. The minimum Gasteiger partial charge on any atom is -0.492 e. The Hall–Kier alpha value is -1.04. The molecule has 0 amide bonds. The molecule has 2 saturated heterocycles. The first-order valence-corrected chi connectivity index (χ1v) is 8.46. The number of aromatic nitrogens is 4. The Kier molecular flexibility index (Phi) is 3.29. The van der Waals surface area contributed by atoms with E-state index < -0.39 is 12.0 Å². The van der Waals surface area contributed by atoms with E-state index in [4.69, 9.17) is 14.2 Å². The predicted molar refractivity (Wildman–Crippen MR) is 83.6 cm³/mol. The molecule has 4 atom stereocenters. The molecule has 22 heavy (non-hydrogen) atoms. The summed E-state index contributed by atoms with van der Waals surface area (Å²) in [4.78, 5) is 12.1. The van der Waals surface area contributed by atoms with Crippen molar-refractivity contribution in [3.8, 4) is 5.88 Å². The highest BCUT2D eigenvalue weighted by molar-refractivity contribution is 14.1. The molecule has 0 bridgehead atoms. The van der Waals surface area contributed by atoms with Crippen LogP contribution in [0.4, 0.5) is 0 Å². The van der Waals surface area contributed by atoms with E-state index in [1.165, 1.54) is 6.33 Å². The number of ether oxygens (including phenoxy) is 3. The lowest BCUT2D eigenvalue weighted by Gasteiger charge is -2.24. The fraction of sp³-hybridized carbons (Fsp3) is 0.615. The minimum atomic E-state index is -0.644. The Morgan fingerprint density at radius 1 is 1.27 bits per heavy atom. The quantitative estimate of drug-likeness (QED) is 0.582. The highest BCUT2D eigenvalue weighted by Gasteiger charge is 2.55. The summed E-state index contributed by atoms with van der Waals surface area (Å²) < 4.78 is 20.6. The van der Waals surface area contributed by atoms with Gasteiger partial charge < -0.3 is 19.3 Å². The van der Waals surface area contributed by atoms with Crippen molar-refractivity contribution >= 4 is 33.8 Å². The van der Waals surface area contributed by atoms with Gasteiger partial charge >= 0.3 is 0 Å². The molecule has 9 heteroatoms. The van der Waals surface area contributed by atoms with Gasteiger partial charge in [0.15, 0.2) is 23.2 Å². The van der Waals surface area contributed by atoms with Crippen molar-refractivity contribution in [3.63, 3.8) is 0 Å². The first-order valence-electron chi connectivity index (χ1n) is 6.94. The normalized spacial score (nSPS) is 33.4. The van der Waals surface area contributed by atoms with E-state index in [0.717, 1.165) is 4.43 Å². The van der Waals surface area contributed by atoms with Gasteiger partial charge in [0.1, 0.15) is 18.5 Å². The van der Waals surface area contributed by atoms with Crippen molar-refractivity contribution in [2.24, 2.45) is 0 Å². The van der Waals surface area contributed by atoms with Gasteiger partial charge in [-0.3, -0.25) is 4.57 Å². The van der Waals surface area contributed by atoms with Crippen molar-refractivity contribution in [1.82, 2.24) is 19.5 Å². The first kappa shape index (κ1) is 14.5. The van der Waals surface area contributed by atoms with Gasteiger partial charge in [-0.1, -0.05) is 22.6 Å². The second-order valence-corrected chi connectivity index (χ2v) is 6.69. The van der Waals surface area contributed by atoms with Crippen LogP contribution in [-0.4, -0.2) is 53.2 Å². The summed E-state index contributed by atoms with van der Waals surface area (Å²) in [5, 5.41) is 9.77. The van der Waals surface area contributed by atoms with Gasteiger partial charge in [0.05, 0.1) is 12.4 Å². The molecule has 0 aromatic carbocycles. The molecule has 0 aliphatic carbocycles. The van der Waals surface area contributed by atoms with Crippen LogP contribution in [0.1, 0.15) is 20.1 Å². The summed E-state index contributed by atoms with van der Waals surface area (Å²) in [6.45, 7) is 3.79. The molecular formula is C13H15IN4O4. The third kappa shape index (κ3) is 2.10. The van der Waals surface area contributed by atoms with E-state index in [-0.39, 0.29) is 24.2 Å². The van der Waals surface area contributed by atoms with Crippen LogP contribution in [0, 0.1) is 0 Å². The second-order valence-electron chi connectivity index (χ2n) is 5.81. The summed E-state index contributed by atoms with van der Waals surface area (Å²) in [5.41, 5.74) is 0.859. The van der Waals surface area contributed by atoms with Crippen molar-refractivity contribution < 1.29 is 19.3 Å². The monoisotopic (exact) mass is 418 g/mol. The Labute approximate surface area is 139 Å². The topological polar surface area (TPSA) is 91.5 Å². The molecule has 2 aromatic heterocycles. The fourth-order valence-electron chi connectivity index (χ4n) is 3.03. The SMILES string of the molecule is CC1(C)O[C@@H]2[C@H](O1)[C@@H](CI)O[C@H]2n1cnc2c(O)ncnc21. The molecule has 2 aromatic rings. The lowest BCUT2D eigenvalue weighted by Crippen LogP contribution is -2.30. The number of alkyl halides is 1. The number of hydrogen-bond acceptors (Lipinski definition) is 7. The first-order chi connectivity index (χ1) is 10.5. The van der Waals surface area contributed by atoms with Gasteiger partial charge in [0.2, 0.25) is 5.88 Å². The molecule has 2 aliphatic rings. The average molecular weight is 418 g/mol. The summed E-state index contributed by atoms with van der Waals surface area (Å²) in [7, 11) is 0. The Morgan fingerprint density at radius 2 is 2.05 bits per heavy atom. The summed E-state index contributed by atoms with van der Waals surface area (Å²) >= 11 is 2.28. The number of nitrogens with zero attached hydrogens (tertiary/aromatic N) is 4. The van der Waals surface area contributed by atoms with Gasteiger partial charge in [-0.2, -0.15) is 4.98 Å². The van der Waals surface area contributed by atoms with Gasteiger partial charge in [0, 0.05) is 4.43 Å². The molecule has 118 valence electrons. The molecule has 0 unspecified atom stereocenters. The van der Waals surface area contributed by atoms with Gasteiger partial charge in [-0.15, -0.1) is 0 Å². The number of halogens is 1. The largest absolute Gasteiger partial charge is 0.492 e. The van der Waals surface area contributed by atoms with E-state index in [0.29, 0.717) is 11.2 Å². The third-order valence-corrected chi connectivity index (χ3v) is 4.76. The Balaban J connectivity index is 1.77. The number of imidazole rings is 1.